The number of ether oxygens (including phenoxy) is 1. The maximum atomic E-state index is 11.0. The van der Waals surface area contributed by atoms with E-state index in [-0.39, 0.29) is 98.3 Å². The summed E-state index contributed by atoms with van der Waals surface area (Å²) >= 11 is 0.977. The number of benzene rings is 1. The van der Waals surface area contributed by atoms with Crippen molar-refractivity contribution < 1.29 is 120 Å². The van der Waals surface area contributed by atoms with Crippen LogP contribution < -0.4 is 76.1 Å². The number of halogens is 3. The fraction of sp³-hybridized carbons (Fsp3) is 0.125. The molecule has 0 unspecified atom stereocenters. The van der Waals surface area contributed by atoms with Crippen LogP contribution in [0.15, 0.2) is 24.3 Å². The van der Waals surface area contributed by atoms with E-state index in [0.29, 0.717) is 5.56 Å². The summed E-state index contributed by atoms with van der Waals surface area (Å²) in [5.41, 5.74) is 0.690. The molecular weight excluding hydrogens is 681 g/mol. The minimum absolute atomic E-state index is 0. The summed E-state index contributed by atoms with van der Waals surface area (Å²) in [4.78, 5) is 11.0. The van der Waals surface area contributed by atoms with Crippen molar-refractivity contribution >= 4 is 10.1 Å². The molecule has 2 nitrogen and oxygen atoms in total. The molecule has 0 N–H and O–H groups in total. The summed E-state index contributed by atoms with van der Waals surface area (Å²) in [6.45, 7) is 0. The van der Waals surface area contributed by atoms with Crippen LogP contribution in [-0.2, 0) is 43.5 Å². The molecule has 7 heteroatoms. The van der Waals surface area contributed by atoms with E-state index in [0.717, 1.165) is 22.5 Å². The first kappa shape index (κ1) is 25.9. The molecule has 0 aliphatic heterocycles. The third kappa shape index (κ3) is 8.83. The van der Waals surface area contributed by atoms with Crippen molar-refractivity contribution in [1.29, 1.82) is 0 Å². The Bertz CT molecular complexity index is 286. The third-order valence-electron chi connectivity index (χ3n) is 1.42. The third-order valence-corrected chi connectivity index (χ3v) is 2.72. The Hall–Kier alpha value is 2.17. The van der Waals surface area contributed by atoms with Crippen molar-refractivity contribution in [2.24, 2.45) is 0 Å². The molecule has 1 aromatic carbocycles. The van der Waals surface area contributed by atoms with Crippen molar-refractivity contribution in [3.8, 4) is 0 Å². The standard InChI is InChI=1S/C8H7O2.3HI.Pd.Zn/c1-10-8(9)7-5-3-2-4-6-7;;;;;/h2-5H,1H3;3*1H;;/q;;;;+2;+1/p-3. The van der Waals surface area contributed by atoms with Crippen molar-refractivity contribution in [3.05, 3.63) is 29.8 Å². The number of hydrogen-bond acceptors (Lipinski definition) is 2. The van der Waals surface area contributed by atoms with Crippen molar-refractivity contribution in [3.63, 3.8) is 0 Å². The predicted molar refractivity (Wildman–Crippen MR) is 37.4 cm³/mol. The molecule has 0 amide bonds. The maximum Gasteiger partial charge on any atom is 2.00 e. The smallest absolute Gasteiger partial charge is 1.00 e. The average molecular weight is 688 g/mol. The minimum atomic E-state index is -0.244. The van der Waals surface area contributed by atoms with Crippen LogP contribution in [-0.4, -0.2) is 13.1 Å². The Morgan fingerprint density at radius 3 is 2.07 bits per heavy atom. The Labute approximate surface area is 164 Å². The Kier molecular flexibility index (Phi) is 24.5. The Balaban J connectivity index is -0.000000151. The van der Waals surface area contributed by atoms with Gasteiger partial charge >= 0.3 is 95.3 Å². The fourth-order valence-corrected chi connectivity index (χ4v) is 1.67. The van der Waals surface area contributed by atoms with Gasteiger partial charge < -0.3 is 71.9 Å². The zero-order chi connectivity index (χ0) is 8.27. The summed E-state index contributed by atoms with van der Waals surface area (Å²) < 4.78 is 5.67. The molecule has 0 aliphatic carbocycles. The van der Waals surface area contributed by atoms with E-state index in [2.05, 4.69) is 4.74 Å². The topological polar surface area (TPSA) is 26.3 Å². The van der Waals surface area contributed by atoms with Crippen LogP contribution in [0.5, 0.6) is 0 Å². The molecule has 0 heterocycles. The van der Waals surface area contributed by atoms with Crippen molar-refractivity contribution in [2.75, 3.05) is 7.11 Å². The second kappa shape index (κ2) is 14.2. The van der Waals surface area contributed by atoms with E-state index >= 15 is 0 Å². The van der Waals surface area contributed by atoms with Gasteiger partial charge in [0, 0.05) is 0 Å². The largest absolute Gasteiger partial charge is 2.00 e. The van der Waals surface area contributed by atoms with E-state index in [1.807, 2.05) is 18.2 Å². The zero-order valence-electron chi connectivity index (χ0n) is 7.78. The number of methoxy groups -OCH3 is 1. The quantitative estimate of drug-likeness (QED) is 0.167. The molecule has 0 aliphatic rings. The van der Waals surface area contributed by atoms with Gasteiger partial charge in [-0.3, -0.25) is 0 Å². The SMILES string of the molecule is COC(=O)c1cccc[c]1[Zn+].[I-].[I-].[I-].[Pd+2]. The summed E-state index contributed by atoms with van der Waals surface area (Å²) in [6, 6.07) is 7.48. The van der Waals surface area contributed by atoms with Gasteiger partial charge in [-0.25, -0.2) is 0 Å². The molecule has 0 saturated carbocycles. The molecule has 15 heavy (non-hydrogen) atoms. The molecular formula is C8H7I3O2PdZn. The van der Waals surface area contributed by atoms with Gasteiger partial charge in [-0.1, -0.05) is 0 Å². The molecule has 1 rings (SSSR count). The molecule has 0 spiro atoms. The number of esters is 1. The summed E-state index contributed by atoms with van der Waals surface area (Å²) in [5, 5.41) is 0. The Morgan fingerprint density at radius 2 is 1.67 bits per heavy atom. The maximum absolute atomic E-state index is 11.0. The minimum Gasteiger partial charge on any atom is -1.00 e. The molecule has 0 bridgehead atoms. The summed E-state index contributed by atoms with van der Waals surface area (Å²) in [6.07, 6.45) is 0. The van der Waals surface area contributed by atoms with E-state index < -0.39 is 0 Å². The van der Waals surface area contributed by atoms with Crippen LogP contribution in [0, 0.1) is 0 Å². The zero-order valence-corrected chi connectivity index (χ0v) is 18.8. The second-order valence-electron chi connectivity index (χ2n) is 2.15. The second-order valence-corrected chi connectivity index (χ2v) is 3.75. The normalized spacial score (nSPS) is 6.87. The van der Waals surface area contributed by atoms with Crippen LogP contribution >= 0.6 is 0 Å². The summed E-state index contributed by atoms with van der Waals surface area (Å²) in [5.74, 6) is -0.244. The number of hydrogen-bond donors (Lipinski definition) is 0. The van der Waals surface area contributed by atoms with Gasteiger partial charge in [-0.15, -0.1) is 0 Å². The van der Waals surface area contributed by atoms with Gasteiger partial charge in [0.05, 0.1) is 0 Å². The summed E-state index contributed by atoms with van der Waals surface area (Å²) in [7, 11) is 1.40. The van der Waals surface area contributed by atoms with Gasteiger partial charge in [0.2, 0.25) is 0 Å². The van der Waals surface area contributed by atoms with Crippen molar-refractivity contribution in [2.45, 2.75) is 0 Å². The van der Waals surface area contributed by atoms with Crippen LogP contribution in [0.4, 0.5) is 0 Å². The van der Waals surface area contributed by atoms with Gasteiger partial charge in [-0.2, -0.15) is 0 Å². The molecule has 0 atom stereocenters. The van der Waals surface area contributed by atoms with Gasteiger partial charge in [-0.05, 0) is 0 Å². The predicted octanol–water partition coefficient (Wildman–Crippen LogP) is -8.35. The van der Waals surface area contributed by atoms with Gasteiger partial charge in [0.15, 0.2) is 0 Å². The van der Waals surface area contributed by atoms with E-state index in [4.69, 9.17) is 0 Å². The number of rotatable bonds is 1. The Morgan fingerprint density at radius 1 is 1.20 bits per heavy atom. The first-order chi connectivity index (χ1) is 5.25. The van der Waals surface area contributed by atoms with Crippen LogP contribution in [0.1, 0.15) is 10.4 Å². The first-order valence-corrected chi connectivity index (χ1v) is 4.73. The van der Waals surface area contributed by atoms with E-state index in [1.54, 1.807) is 6.07 Å². The monoisotopic (exact) mass is 686 g/mol. The van der Waals surface area contributed by atoms with Gasteiger partial charge in [0.1, 0.15) is 0 Å². The molecule has 0 aromatic heterocycles. The first-order valence-electron chi connectivity index (χ1n) is 3.25. The van der Waals surface area contributed by atoms with Crippen molar-refractivity contribution in [1.82, 2.24) is 0 Å². The average Bonchev–Trinajstić information content (AvgIpc) is 2.04. The molecule has 0 fully saturated rings. The van der Waals surface area contributed by atoms with E-state index in [1.165, 1.54) is 7.11 Å². The van der Waals surface area contributed by atoms with Crippen LogP contribution in [0.3, 0.4) is 0 Å². The molecule has 0 radical (unpaired) electrons. The van der Waals surface area contributed by atoms with Gasteiger partial charge in [0.25, 0.3) is 0 Å². The molecule has 84 valence electrons. The number of carbonyl (C=O) groups is 1. The molecule has 1 aromatic rings. The number of carbonyl (C=O) groups excluding carboxylic acids is 1. The fourth-order valence-electron chi connectivity index (χ4n) is 0.829. The van der Waals surface area contributed by atoms with Crippen LogP contribution in [0.25, 0.3) is 0 Å². The van der Waals surface area contributed by atoms with E-state index in [9.17, 15) is 4.79 Å². The molecule has 0 saturated heterocycles. The van der Waals surface area contributed by atoms with Crippen LogP contribution in [0.2, 0.25) is 0 Å².